The van der Waals surface area contributed by atoms with Crippen molar-refractivity contribution in [2.75, 3.05) is 0 Å². The molecule has 2 rings (SSSR count). The number of rotatable bonds is 3. The quantitative estimate of drug-likeness (QED) is 0.653. The molecule has 0 atom stereocenters. The standard InChI is InChI=1S/C12H8O3S/c13-7-8-5-6-11(16-8)12(15)9-3-1-2-4-10(9)14/h1-7,14H. The van der Waals surface area contributed by atoms with E-state index in [4.69, 9.17) is 0 Å². The summed E-state index contributed by atoms with van der Waals surface area (Å²) >= 11 is 1.12. The van der Waals surface area contributed by atoms with Gasteiger partial charge in [0, 0.05) is 0 Å². The van der Waals surface area contributed by atoms with E-state index in [1.807, 2.05) is 0 Å². The maximum absolute atomic E-state index is 11.9. The van der Waals surface area contributed by atoms with E-state index in [0.29, 0.717) is 16.0 Å². The molecule has 1 aromatic heterocycles. The Balaban J connectivity index is 2.39. The lowest BCUT2D eigenvalue weighted by Crippen LogP contribution is -1.98. The van der Waals surface area contributed by atoms with E-state index in [1.54, 1.807) is 30.3 Å². The zero-order valence-corrected chi connectivity index (χ0v) is 9.03. The van der Waals surface area contributed by atoms with Crippen molar-refractivity contribution in [1.29, 1.82) is 0 Å². The lowest BCUT2D eigenvalue weighted by atomic mass is 10.1. The number of hydrogen-bond donors (Lipinski definition) is 1. The molecule has 3 nitrogen and oxygen atoms in total. The van der Waals surface area contributed by atoms with Crippen LogP contribution in [-0.2, 0) is 0 Å². The number of benzene rings is 1. The number of para-hydroxylation sites is 1. The van der Waals surface area contributed by atoms with Crippen LogP contribution < -0.4 is 0 Å². The summed E-state index contributed by atoms with van der Waals surface area (Å²) in [6.07, 6.45) is 0.701. The Hall–Kier alpha value is -1.94. The fraction of sp³-hybridized carbons (Fsp3) is 0. The summed E-state index contributed by atoms with van der Waals surface area (Å²) in [5.41, 5.74) is 0.252. The van der Waals surface area contributed by atoms with Crippen LogP contribution in [0.5, 0.6) is 5.75 Å². The number of aldehydes is 1. The van der Waals surface area contributed by atoms with E-state index in [1.165, 1.54) is 6.07 Å². The normalized spacial score (nSPS) is 10.0. The molecular formula is C12H8O3S. The Morgan fingerprint density at radius 1 is 1.19 bits per heavy atom. The number of phenolic OH excluding ortho intramolecular Hbond substituents is 1. The lowest BCUT2D eigenvalue weighted by Gasteiger charge is -2.00. The fourth-order valence-electron chi connectivity index (χ4n) is 1.34. The van der Waals surface area contributed by atoms with Crippen molar-refractivity contribution in [3.05, 3.63) is 51.7 Å². The van der Waals surface area contributed by atoms with E-state index >= 15 is 0 Å². The molecule has 80 valence electrons. The van der Waals surface area contributed by atoms with Gasteiger partial charge in [-0.05, 0) is 24.3 Å². The number of thiophene rings is 1. The summed E-state index contributed by atoms with van der Waals surface area (Å²) in [4.78, 5) is 23.4. The third kappa shape index (κ3) is 1.87. The first-order valence-electron chi connectivity index (χ1n) is 4.60. The van der Waals surface area contributed by atoms with Gasteiger partial charge in [-0.1, -0.05) is 12.1 Å². The van der Waals surface area contributed by atoms with E-state index in [0.717, 1.165) is 11.3 Å². The molecule has 0 amide bonds. The average Bonchev–Trinajstić information content (AvgIpc) is 2.77. The van der Waals surface area contributed by atoms with Gasteiger partial charge in [-0.15, -0.1) is 11.3 Å². The minimum Gasteiger partial charge on any atom is -0.507 e. The maximum Gasteiger partial charge on any atom is 0.206 e. The van der Waals surface area contributed by atoms with Gasteiger partial charge in [-0.2, -0.15) is 0 Å². The molecule has 2 aromatic rings. The summed E-state index contributed by atoms with van der Waals surface area (Å²) in [5, 5.41) is 9.52. The highest BCUT2D eigenvalue weighted by atomic mass is 32.1. The number of ketones is 1. The van der Waals surface area contributed by atoms with E-state index < -0.39 is 0 Å². The minimum atomic E-state index is -0.267. The predicted molar refractivity (Wildman–Crippen MR) is 61.2 cm³/mol. The maximum atomic E-state index is 11.9. The Labute approximate surface area is 96.0 Å². The molecule has 0 saturated carbocycles. The molecular weight excluding hydrogens is 224 g/mol. The van der Waals surface area contributed by atoms with Crippen molar-refractivity contribution >= 4 is 23.4 Å². The molecule has 16 heavy (non-hydrogen) atoms. The zero-order valence-electron chi connectivity index (χ0n) is 8.21. The number of carbonyl (C=O) groups excluding carboxylic acids is 2. The van der Waals surface area contributed by atoms with Crippen LogP contribution in [0.4, 0.5) is 0 Å². The molecule has 0 unspecified atom stereocenters. The Morgan fingerprint density at radius 3 is 2.56 bits per heavy atom. The van der Waals surface area contributed by atoms with Crippen molar-refractivity contribution in [3.8, 4) is 5.75 Å². The third-order valence-electron chi connectivity index (χ3n) is 2.12. The lowest BCUT2D eigenvalue weighted by molar-refractivity contribution is 0.103. The molecule has 0 radical (unpaired) electrons. The number of carbonyl (C=O) groups is 2. The minimum absolute atomic E-state index is 0.0476. The molecule has 0 aliphatic rings. The number of hydrogen-bond acceptors (Lipinski definition) is 4. The van der Waals surface area contributed by atoms with Gasteiger partial charge in [-0.25, -0.2) is 0 Å². The molecule has 0 bridgehead atoms. The highest BCUT2D eigenvalue weighted by molar-refractivity contribution is 7.15. The summed E-state index contributed by atoms with van der Waals surface area (Å²) in [6.45, 7) is 0. The monoisotopic (exact) mass is 232 g/mol. The van der Waals surface area contributed by atoms with Gasteiger partial charge < -0.3 is 5.11 Å². The molecule has 0 aliphatic heterocycles. The second kappa shape index (κ2) is 4.28. The first kappa shape index (κ1) is 10.6. The van der Waals surface area contributed by atoms with Gasteiger partial charge in [0.15, 0.2) is 6.29 Å². The summed E-state index contributed by atoms with van der Waals surface area (Å²) in [6, 6.07) is 9.52. The summed E-state index contributed by atoms with van der Waals surface area (Å²) < 4.78 is 0. The van der Waals surface area contributed by atoms with Gasteiger partial charge in [0.05, 0.1) is 15.3 Å². The molecule has 0 fully saturated rings. The second-order valence-corrected chi connectivity index (χ2v) is 4.28. The van der Waals surface area contributed by atoms with E-state index in [-0.39, 0.29) is 17.1 Å². The van der Waals surface area contributed by atoms with Crippen molar-refractivity contribution in [2.45, 2.75) is 0 Å². The van der Waals surface area contributed by atoms with Gasteiger partial charge in [-0.3, -0.25) is 9.59 Å². The SMILES string of the molecule is O=Cc1ccc(C(=O)c2ccccc2O)s1. The predicted octanol–water partition coefficient (Wildman–Crippen LogP) is 2.50. The Morgan fingerprint density at radius 2 is 1.94 bits per heavy atom. The average molecular weight is 232 g/mol. The Bertz CT molecular complexity index is 543. The molecule has 4 heteroatoms. The second-order valence-electron chi connectivity index (χ2n) is 3.17. The van der Waals surface area contributed by atoms with Crippen LogP contribution in [-0.4, -0.2) is 17.2 Å². The molecule has 0 spiro atoms. The smallest absolute Gasteiger partial charge is 0.206 e. The largest absolute Gasteiger partial charge is 0.507 e. The Kier molecular flexibility index (Phi) is 2.83. The zero-order chi connectivity index (χ0) is 11.5. The van der Waals surface area contributed by atoms with E-state index in [2.05, 4.69) is 0 Å². The van der Waals surface area contributed by atoms with Gasteiger partial charge in [0.25, 0.3) is 0 Å². The van der Waals surface area contributed by atoms with Crippen molar-refractivity contribution in [2.24, 2.45) is 0 Å². The highest BCUT2D eigenvalue weighted by Crippen LogP contribution is 2.23. The van der Waals surface area contributed by atoms with Gasteiger partial charge in [0.1, 0.15) is 5.75 Å². The van der Waals surface area contributed by atoms with Crippen LogP contribution in [0.2, 0.25) is 0 Å². The topological polar surface area (TPSA) is 54.4 Å². The van der Waals surface area contributed by atoms with Crippen LogP contribution in [0.25, 0.3) is 0 Å². The summed E-state index contributed by atoms with van der Waals surface area (Å²) in [5.74, 6) is -0.315. The van der Waals surface area contributed by atoms with Crippen molar-refractivity contribution < 1.29 is 14.7 Å². The fourth-order valence-corrected chi connectivity index (χ4v) is 2.11. The first-order valence-corrected chi connectivity index (χ1v) is 5.41. The van der Waals surface area contributed by atoms with Crippen LogP contribution in [0.3, 0.4) is 0 Å². The molecule has 0 saturated heterocycles. The van der Waals surface area contributed by atoms with E-state index in [9.17, 15) is 14.7 Å². The van der Waals surface area contributed by atoms with Crippen molar-refractivity contribution in [3.63, 3.8) is 0 Å². The van der Waals surface area contributed by atoms with Crippen molar-refractivity contribution in [1.82, 2.24) is 0 Å². The molecule has 0 aliphatic carbocycles. The highest BCUT2D eigenvalue weighted by Gasteiger charge is 2.14. The molecule has 1 aromatic carbocycles. The number of aromatic hydroxyl groups is 1. The van der Waals surface area contributed by atoms with Gasteiger partial charge >= 0.3 is 0 Å². The third-order valence-corrected chi connectivity index (χ3v) is 3.12. The molecule has 1 N–H and O–H groups in total. The molecule has 1 heterocycles. The summed E-state index contributed by atoms with van der Waals surface area (Å²) in [7, 11) is 0. The van der Waals surface area contributed by atoms with Crippen LogP contribution in [0.1, 0.15) is 24.9 Å². The van der Waals surface area contributed by atoms with Crippen LogP contribution >= 0.6 is 11.3 Å². The first-order chi connectivity index (χ1) is 7.72. The van der Waals surface area contributed by atoms with Crippen LogP contribution in [0, 0.1) is 0 Å². The number of phenols is 1. The van der Waals surface area contributed by atoms with Crippen LogP contribution in [0.15, 0.2) is 36.4 Å². The van der Waals surface area contributed by atoms with Gasteiger partial charge in [0.2, 0.25) is 5.78 Å².